The number of aliphatic carboxylic acids is 1. The van der Waals surface area contributed by atoms with Crippen LogP contribution < -0.4 is 0 Å². The van der Waals surface area contributed by atoms with Crippen molar-refractivity contribution in [1.29, 1.82) is 0 Å². The molecule has 0 saturated heterocycles. The van der Waals surface area contributed by atoms with Gasteiger partial charge in [0.15, 0.2) is 0 Å². The van der Waals surface area contributed by atoms with Crippen molar-refractivity contribution in [2.75, 3.05) is 7.11 Å². The predicted molar refractivity (Wildman–Crippen MR) is 113 cm³/mol. The van der Waals surface area contributed by atoms with Crippen molar-refractivity contribution < 1.29 is 24.9 Å². The second kappa shape index (κ2) is 12.5. The number of benzene rings is 1. The van der Waals surface area contributed by atoms with Crippen LogP contribution in [-0.4, -0.2) is 40.6 Å². The lowest BCUT2D eigenvalue weighted by Gasteiger charge is -2.24. The summed E-state index contributed by atoms with van der Waals surface area (Å²) in [4.78, 5) is 10.6. The van der Waals surface area contributed by atoms with Crippen molar-refractivity contribution in [2.45, 2.75) is 63.6 Å². The van der Waals surface area contributed by atoms with E-state index < -0.39 is 18.2 Å². The molecule has 5 heteroatoms. The molecule has 1 aliphatic rings. The highest BCUT2D eigenvalue weighted by Gasteiger charge is 2.43. The van der Waals surface area contributed by atoms with Gasteiger partial charge < -0.3 is 20.1 Å². The Morgan fingerprint density at radius 1 is 1.10 bits per heavy atom. The average Bonchev–Trinajstić information content (AvgIpc) is 2.98. The summed E-state index contributed by atoms with van der Waals surface area (Å²) in [5.41, 5.74) is 1.31. The molecule has 1 unspecified atom stereocenters. The van der Waals surface area contributed by atoms with Crippen molar-refractivity contribution in [1.82, 2.24) is 0 Å². The van der Waals surface area contributed by atoms with E-state index in [1.165, 1.54) is 5.56 Å². The molecule has 0 aromatic heterocycles. The van der Waals surface area contributed by atoms with Gasteiger partial charge in [0.1, 0.15) is 0 Å². The fraction of sp³-hybridized carbons (Fsp3) is 0.542. The molecule has 1 aromatic carbocycles. The first kappa shape index (κ1) is 23.2. The number of aliphatic hydroxyl groups is 2. The van der Waals surface area contributed by atoms with Crippen molar-refractivity contribution in [3.63, 3.8) is 0 Å². The summed E-state index contributed by atoms with van der Waals surface area (Å²) in [6.45, 7) is 0. The third kappa shape index (κ3) is 7.67. The Morgan fingerprint density at radius 3 is 2.55 bits per heavy atom. The van der Waals surface area contributed by atoms with Gasteiger partial charge in [0.2, 0.25) is 0 Å². The van der Waals surface area contributed by atoms with E-state index in [1.54, 1.807) is 7.11 Å². The summed E-state index contributed by atoms with van der Waals surface area (Å²) in [6, 6.07) is 10.3. The van der Waals surface area contributed by atoms with Crippen molar-refractivity contribution in [2.24, 2.45) is 11.8 Å². The number of hydrogen-bond donors (Lipinski definition) is 3. The molecule has 1 aliphatic carbocycles. The lowest BCUT2D eigenvalue weighted by atomic mass is 9.88. The number of unbranched alkanes of at least 4 members (excludes halogenated alkanes) is 2. The fourth-order valence-electron chi connectivity index (χ4n) is 4.09. The zero-order valence-electron chi connectivity index (χ0n) is 17.2. The SMILES string of the molecule is CO/C(=C/CCCc1ccccc1)[C@H]1C(C/C=C\CCCC(=O)O)[C@H](O)C[C@@H]1O. The van der Waals surface area contributed by atoms with Gasteiger partial charge in [-0.1, -0.05) is 42.5 Å². The number of hydrogen-bond acceptors (Lipinski definition) is 4. The monoisotopic (exact) mass is 402 g/mol. The Bertz CT molecular complexity index is 667. The van der Waals surface area contributed by atoms with E-state index in [0.717, 1.165) is 25.0 Å². The summed E-state index contributed by atoms with van der Waals surface area (Å²) in [7, 11) is 1.62. The quantitative estimate of drug-likeness (QED) is 0.278. The van der Waals surface area contributed by atoms with Crippen LogP contribution in [-0.2, 0) is 16.0 Å². The molecular weight excluding hydrogens is 368 g/mol. The molecule has 1 fully saturated rings. The smallest absolute Gasteiger partial charge is 0.303 e. The minimum Gasteiger partial charge on any atom is -0.501 e. The Kier molecular flexibility index (Phi) is 9.95. The molecule has 160 valence electrons. The largest absolute Gasteiger partial charge is 0.501 e. The van der Waals surface area contributed by atoms with Gasteiger partial charge in [0.25, 0.3) is 0 Å². The second-order valence-corrected chi connectivity index (χ2v) is 7.74. The van der Waals surface area contributed by atoms with E-state index in [-0.39, 0.29) is 18.3 Å². The molecule has 5 nitrogen and oxygen atoms in total. The normalized spacial score (nSPS) is 24.9. The third-order valence-corrected chi connectivity index (χ3v) is 5.61. The zero-order chi connectivity index (χ0) is 21.1. The van der Waals surface area contributed by atoms with Gasteiger partial charge in [0.05, 0.1) is 25.1 Å². The maximum absolute atomic E-state index is 10.6. The van der Waals surface area contributed by atoms with Crippen LogP contribution in [0.5, 0.6) is 0 Å². The number of aliphatic hydroxyl groups excluding tert-OH is 2. The van der Waals surface area contributed by atoms with E-state index in [9.17, 15) is 15.0 Å². The molecule has 1 saturated carbocycles. The van der Waals surface area contributed by atoms with Gasteiger partial charge in [-0.15, -0.1) is 0 Å². The number of rotatable bonds is 12. The van der Waals surface area contributed by atoms with Gasteiger partial charge in [-0.3, -0.25) is 4.79 Å². The Balaban J connectivity index is 1.89. The molecule has 3 N–H and O–H groups in total. The number of carbonyl (C=O) groups is 1. The number of methoxy groups -OCH3 is 1. The van der Waals surface area contributed by atoms with Crippen LogP contribution in [0.4, 0.5) is 0 Å². The highest BCUT2D eigenvalue weighted by atomic mass is 16.5. The fourth-order valence-corrected chi connectivity index (χ4v) is 4.09. The molecule has 0 radical (unpaired) electrons. The van der Waals surface area contributed by atoms with E-state index in [4.69, 9.17) is 9.84 Å². The number of carboxylic acids is 1. The van der Waals surface area contributed by atoms with Crippen molar-refractivity contribution in [3.8, 4) is 0 Å². The van der Waals surface area contributed by atoms with Crippen LogP contribution in [0, 0.1) is 11.8 Å². The first-order chi connectivity index (χ1) is 14.0. The molecule has 0 spiro atoms. The Labute approximate surface area is 173 Å². The van der Waals surface area contributed by atoms with E-state index >= 15 is 0 Å². The molecule has 2 rings (SSSR count). The molecule has 0 heterocycles. The average molecular weight is 403 g/mol. The van der Waals surface area contributed by atoms with Crippen LogP contribution in [0.1, 0.15) is 50.5 Å². The number of aryl methyl sites for hydroxylation is 1. The summed E-state index contributed by atoms with van der Waals surface area (Å²) in [5, 5.41) is 29.6. The second-order valence-electron chi connectivity index (χ2n) is 7.74. The zero-order valence-corrected chi connectivity index (χ0v) is 17.2. The van der Waals surface area contributed by atoms with E-state index in [0.29, 0.717) is 25.7 Å². The minimum absolute atomic E-state index is 0.0963. The van der Waals surface area contributed by atoms with Crippen LogP contribution >= 0.6 is 0 Å². The highest BCUT2D eigenvalue weighted by molar-refractivity contribution is 5.66. The van der Waals surface area contributed by atoms with E-state index in [2.05, 4.69) is 18.2 Å². The van der Waals surface area contributed by atoms with Gasteiger partial charge in [-0.25, -0.2) is 0 Å². The molecule has 0 aliphatic heterocycles. The molecular formula is C24H34O5. The van der Waals surface area contributed by atoms with Crippen LogP contribution in [0.15, 0.2) is 54.3 Å². The lowest BCUT2D eigenvalue weighted by Crippen LogP contribution is -2.24. The van der Waals surface area contributed by atoms with Gasteiger partial charge in [0, 0.05) is 24.7 Å². The van der Waals surface area contributed by atoms with Crippen molar-refractivity contribution >= 4 is 5.97 Å². The van der Waals surface area contributed by atoms with E-state index in [1.807, 2.05) is 30.4 Å². The first-order valence-corrected chi connectivity index (χ1v) is 10.5. The predicted octanol–water partition coefficient (Wildman–Crippen LogP) is 4.10. The maximum Gasteiger partial charge on any atom is 0.303 e. The topological polar surface area (TPSA) is 87.0 Å². The number of carboxylic acid groups (broad SMARTS) is 1. The van der Waals surface area contributed by atoms with Gasteiger partial charge >= 0.3 is 5.97 Å². The van der Waals surface area contributed by atoms with Gasteiger partial charge in [-0.05, 0) is 50.2 Å². The minimum atomic E-state index is -0.782. The maximum atomic E-state index is 10.6. The third-order valence-electron chi connectivity index (χ3n) is 5.61. The van der Waals surface area contributed by atoms with Crippen molar-refractivity contribution in [3.05, 3.63) is 59.9 Å². The molecule has 29 heavy (non-hydrogen) atoms. The van der Waals surface area contributed by atoms with Crippen LogP contribution in [0.2, 0.25) is 0 Å². The summed E-state index contributed by atoms with van der Waals surface area (Å²) < 4.78 is 5.61. The summed E-state index contributed by atoms with van der Waals surface area (Å²) >= 11 is 0. The Hall–Kier alpha value is -2.11. The number of ether oxygens (including phenoxy) is 1. The first-order valence-electron chi connectivity index (χ1n) is 10.5. The standard InChI is InChI=1S/C24H34O5/c1-29-22(15-10-9-13-18-11-5-4-6-12-18)24-19(20(25)17-21(24)26)14-7-2-3-8-16-23(27)28/h2,4-7,11-12,15,19-21,24-26H,3,8-10,13-14,16-17H2,1H3,(H,27,28)/b7-2-,22-15+/t19?,20-,21+,24+/m1/s1. The molecule has 4 atom stereocenters. The summed E-state index contributed by atoms with van der Waals surface area (Å²) in [6.07, 6.45) is 10.1. The van der Waals surface area contributed by atoms with Gasteiger partial charge in [-0.2, -0.15) is 0 Å². The lowest BCUT2D eigenvalue weighted by molar-refractivity contribution is -0.137. The molecule has 0 amide bonds. The summed E-state index contributed by atoms with van der Waals surface area (Å²) in [5.74, 6) is -0.335. The molecule has 1 aromatic rings. The highest BCUT2D eigenvalue weighted by Crippen LogP contribution is 2.40. The molecule has 0 bridgehead atoms. The number of allylic oxidation sites excluding steroid dienone is 3. The Morgan fingerprint density at radius 2 is 1.86 bits per heavy atom. The van der Waals surface area contributed by atoms with Crippen LogP contribution in [0.25, 0.3) is 0 Å². The van der Waals surface area contributed by atoms with Crippen LogP contribution in [0.3, 0.4) is 0 Å².